The first-order valence-electron chi connectivity index (χ1n) is 9.14. The van der Waals surface area contributed by atoms with Crippen LogP contribution in [0.25, 0.3) is 5.13 Å². The highest BCUT2D eigenvalue weighted by atomic mass is 32.1. The van der Waals surface area contributed by atoms with E-state index in [-0.39, 0.29) is 11.7 Å². The Morgan fingerprint density at radius 2 is 1.82 bits per heavy atom. The summed E-state index contributed by atoms with van der Waals surface area (Å²) in [6, 6.07) is 7.27. The monoisotopic (exact) mass is 398 g/mol. The van der Waals surface area contributed by atoms with Gasteiger partial charge in [-0.15, -0.1) is 5.10 Å². The zero-order valence-electron chi connectivity index (χ0n) is 16.1. The molecule has 1 amide bonds. The molecule has 1 aliphatic rings. The lowest BCUT2D eigenvalue weighted by Gasteiger charge is -2.36. The number of anilines is 1. The van der Waals surface area contributed by atoms with Crippen LogP contribution in [-0.4, -0.2) is 62.1 Å². The molecule has 3 aromatic rings. The molecule has 9 heteroatoms. The van der Waals surface area contributed by atoms with E-state index < -0.39 is 0 Å². The molecule has 0 atom stereocenters. The normalized spacial score (nSPS) is 14.5. The van der Waals surface area contributed by atoms with Crippen molar-refractivity contribution in [3.8, 4) is 10.9 Å². The molecule has 0 spiro atoms. The molecule has 1 fully saturated rings. The van der Waals surface area contributed by atoms with Crippen molar-refractivity contribution in [1.29, 1.82) is 0 Å². The minimum Gasteiger partial charge on any atom is -0.506 e. The third-order valence-electron chi connectivity index (χ3n) is 5.08. The molecule has 0 bridgehead atoms. The molecule has 1 saturated heterocycles. The number of phenols is 1. The molecule has 0 radical (unpaired) electrons. The highest BCUT2D eigenvalue weighted by Gasteiger charge is 2.27. The van der Waals surface area contributed by atoms with Gasteiger partial charge in [-0.3, -0.25) is 4.79 Å². The lowest BCUT2D eigenvalue weighted by Crippen LogP contribution is -2.49. The van der Waals surface area contributed by atoms with Gasteiger partial charge < -0.3 is 14.9 Å². The van der Waals surface area contributed by atoms with Crippen molar-refractivity contribution in [1.82, 2.24) is 24.9 Å². The predicted octanol–water partition coefficient (Wildman–Crippen LogP) is 2.32. The van der Waals surface area contributed by atoms with Crippen LogP contribution in [0.1, 0.15) is 26.8 Å². The minimum absolute atomic E-state index is 0.120. The molecule has 3 heterocycles. The van der Waals surface area contributed by atoms with Crippen molar-refractivity contribution in [2.45, 2.75) is 20.8 Å². The number of rotatable bonds is 3. The Hall–Kier alpha value is -2.94. The van der Waals surface area contributed by atoms with E-state index in [2.05, 4.69) is 20.2 Å². The number of carbonyl (C=O) groups excluding carboxylic acids is 1. The topological polar surface area (TPSA) is 87.4 Å². The average molecular weight is 398 g/mol. The van der Waals surface area contributed by atoms with Crippen molar-refractivity contribution < 1.29 is 9.90 Å². The van der Waals surface area contributed by atoms with Gasteiger partial charge in [-0.25, -0.2) is 4.98 Å². The van der Waals surface area contributed by atoms with Gasteiger partial charge in [0.05, 0.1) is 17.1 Å². The number of nitrogens with zero attached hydrogens (tertiary/aromatic N) is 6. The largest absolute Gasteiger partial charge is 0.506 e. The van der Waals surface area contributed by atoms with Crippen LogP contribution in [0, 0.1) is 20.8 Å². The summed E-state index contributed by atoms with van der Waals surface area (Å²) in [6.45, 7) is 8.25. The van der Waals surface area contributed by atoms with E-state index in [9.17, 15) is 9.90 Å². The van der Waals surface area contributed by atoms with E-state index in [1.165, 1.54) is 11.3 Å². The van der Waals surface area contributed by atoms with Crippen LogP contribution in [-0.2, 0) is 0 Å². The van der Waals surface area contributed by atoms with Gasteiger partial charge in [-0.1, -0.05) is 28.7 Å². The third kappa shape index (κ3) is 3.22. The van der Waals surface area contributed by atoms with Gasteiger partial charge in [-0.05, 0) is 32.9 Å². The number of carbonyl (C=O) groups is 1. The second-order valence-electron chi connectivity index (χ2n) is 6.84. The van der Waals surface area contributed by atoms with Crippen molar-refractivity contribution in [3.63, 3.8) is 0 Å². The first-order valence-corrected chi connectivity index (χ1v) is 9.96. The fourth-order valence-electron chi connectivity index (χ4n) is 3.29. The van der Waals surface area contributed by atoms with Crippen LogP contribution >= 0.6 is 11.3 Å². The number of aromatic nitrogens is 4. The Labute approximate surface area is 167 Å². The number of benzene rings is 1. The van der Waals surface area contributed by atoms with Gasteiger partial charge in [0.15, 0.2) is 5.69 Å². The summed E-state index contributed by atoms with van der Waals surface area (Å²) in [6.07, 6.45) is 0. The molecule has 1 N–H and O–H groups in total. The lowest BCUT2D eigenvalue weighted by atomic mass is 10.2. The van der Waals surface area contributed by atoms with Crippen LogP contribution < -0.4 is 4.90 Å². The second kappa shape index (κ2) is 7.23. The Morgan fingerprint density at radius 3 is 2.46 bits per heavy atom. The molecule has 0 aliphatic carbocycles. The van der Waals surface area contributed by atoms with Crippen molar-refractivity contribution in [2.24, 2.45) is 0 Å². The summed E-state index contributed by atoms with van der Waals surface area (Å²) < 4.78 is 1.64. The van der Waals surface area contributed by atoms with E-state index in [0.717, 1.165) is 21.4 Å². The van der Waals surface area contributed by atoms with Crippen LogP contribution in [0.2, 0.25) is 0 Å². The Bertz CT molecular complexity index is 1000. The molecule has 146 valence electrons. The number of phenolic OH excluding ortho intramolecular Hbond substituents is 1. The molecule has 4 rings (SSSR count). The van der Waals surface area contributed by atoms with Gasteiger partial charge in [0.2, 0.25) is 5.13 Å². The van der Waals surface area contributed by atoms with E-state index in [1.54, 1.807) is 21.7 Å². The summed E-state index contributed by atoms with van der Waals surface area (Å²) in [5, 5.41) is 19.0. The molecule has 2 aromatic heterocycles. The number of hydrogen-bond donors (Lipinski definition) is 1. The number of piperazine rings is 1. The molecule has 1 aromatic carbocycles. The van der Waals surface area contributed by atoms with Gasteiger partial charge in [0.25, 0.3) is 5.91 Å². The fraction of sp³-hybridized carbons (Fsp3) is 0.368. The third-order valence-corrected chi connectivity index (χ3v) is 6.13. The molecular weight excluding hydrogens is 376 g/mol. The Morgan fingerprint density at radius 1 is 1.11 bits per heavy atom. The zero-order chi connectivity index (χ0) is 19.8. The summed E-state index contributed by atoms with van der Waals surface area (Å²) in [5.41, 5.74) is 2.82. The van der Waals surface area contributed by atoms with Gasteiger partial charge >= 0.3 is 0 Å². The lowest BCUT2D eigenvalue weighted by molar-refractivity contribution is 0.0740. The number of aromatic hydroxyl groups is 1. The van der Waals surface area contributed by atoms with Crippen molar-refractivity contribution in [2.75, 3.05) is 31.1 Å². The van der Waals surface area contributed by atoms with E-state index in [0.29, 0.717) is 37.6 Å². The number of para-hydroxylation sites is 2. The molecule has 28 heavy (non-hydrogen) atoms. The van der Waals surface area contributed by atoms with Gasteiger partial charge in [0, 0.05) is 31.1 Å². The predicted molar refractivity (Wildman–Crippen MR) is 107 cm³/mol. The SMILES string of the molecule is Cc1nc(-n2nnc(C(=O)N3CCN(c4ccccc4O)CC3)c2C)sc1C. The maximum absolute atomic E-state index is 13.0. The van der Waals surface area contributed by atoms with Crippen LogP contribution in [0.4, 0.5) is 5.69 Å². The van der Waals surface area contributed by atoms with Gasteiger partial charge in [-0.2, -0.15) is 4.68 Å². The number of aryl methyl sites for hydroxylation is 2. The summed E-state index contributed by atoms with van der Waals surface area (Å²) in [5.74, 6) is 0.140. The summed E-state index contributed by atoms with van der Waals surface area (Å²) in [4.78, 5) is 22.5. The Kier molecular flexibility index (Phi) is 4.76. The standard InChI is InChI=1S/C19H22N6O2S/c1-12-14(3)28-19(20-12)25-13(2)17(21-22-25)18(27)24-10-8-23(9-11-24)15-6-4-5-7-16(15)26/h4-7,26H,8-11H2,1-3H3. The van der Waals surface area contributed by atoms with Crippen molar-refractivity contribution in [3.05, 3.63) is 46.2 Å². The van der Waals surface area contributed by atoms with E-state index in [1.807, 2.05) is 32.9 Å². The van der Waals surface area contributed by atoms with Gasteiger partial charge in [0.1, 0.15) is 5.75 Å². The van der Waals surface area contributed by atoms with Crippen LogP contribution in [0.5, 0.6) is 5.75 Å². The quantitative estimate of drug-likeness (QED) is 0.729. The van der Waals surface area contributed by atoms with E-state index in [4.69, 9.17) is 0 Å². The number of amides is 1. The second-order valence-corrected chi connectivity index (χ2v) is 8.02. The maximum Gasteiger partial charge on any atom is 0.276 e. The molecule has 8 nitrogen and oxygen atoms in total. The molecule has 0 saturated carbocycles. The average Bonchev–Trinajstić information content (AvgIpc) is 3.24. The number of thiazole rings is 1. The molecule has 1 aliphatic heterocycles. The minimum atomic E-state index is -0.120. The summed E-state index contributed by atoms with van der Waals surface area (Å²) >= 11 is 1.54. The van der Waals surface area contributed by atoms with Crippen LogP contribution in [0.15, 0.2) is 24.3 Å². The zero-order valence-corrected chi connectivity index (χ0v) is 16.9. The first-order chi connectivity index (χ1) is 13.5. The smallest absolute Gasteiger partial charge is 0.276 e. The first kappa shape index (κ1) is 18.4. The highest BCUT2D eigenvalue weighted by molar-refractivity contribution is 7.14. The maximum atomic E-state index is 13.0. The van der Waals surface area contributed by atoms with Crippen molar-refractivity contribution >= 4 is 22.9 Å². The molecule has 0 unspecified atom stereocenters. The Balaban J connectivity index is 1.48. The van der Waals surface area contributed by atoms with E-state index >= 15 is 0 Å². The fourth-order valence-corrected chi connectivity index (χ4v) is 4.20. The number of hydrogen-bond acceptors (Lipinski definition) is 7. The summed E-state index contributed by atoms with van der Waals surface area (Å²) in [7, 11) is 0. The highest BCUT2D eigenvalue weighted by Crippen LogP contribution is 2.27. The van der Waals surface area contributed by atoms with Crippen LogP contribution in [0.3, 0.4) is 0 Å². The molecular formula is C19H22N6O2S.